The number of benzene rings is 2. The van der Waals surface area contributed by atoms with Crippen LogP contribution in [0.3, 0.4) is 0 Å². The van der Waals surface area contributed by atoms with Crippen molar-refractivity contribution in [3.63, 3.8) is 0 Å². The number of hydrogen-bond donors (Lipinski definition) is 1. The Kier molecular flexibility index (Phi) is 6.23. The Bertz CT molecular complexity index is 1180. The molecule has 0 aliphatic carbocycles. The van der Waals surface area contributed by atoms with E-state index in [1.165, 1.54) is 11.8 Å². The van der Waals surface area contributed by atoms with Crippen LogP contribution >= 0.6 is 23.1 Å². The summed E-state index contributed by atoms with van der Waals surface area (Å²) in [5.74, 6) is 0.0262. The Morgan fingerprint density at radius 1 is 1.03 bits per heavy atom. The van der Waals surface area contributed by atoms with Gasteiger partial charge in [-0.1, -0.05) is 66.4 Å². The van der Waals surface area contributed by atoms with E-state index in [-0.39, 0.29) is 11.7 Å². The summed E-state index contributed by atoms with van der Waals surface area (Å²) in [6.45, 7) is 0. The highest BCUT2D eigenvalue weighted by Gasteiger charge is 2.17. The molecule has 146 valence electrons. The number of thiophene rings is 1. The van der Waals surface area contributed by atoms with Gasteiger partial charge in [0, 0.05) is 21.7 Å². The fraction of sp³-hybridized carbons (Fsp3) is 0.0417. The van der Waals surface area contributed by atoms with Crippen LogP contribution in [0.2, 0.25) is 0 Å². The SMILES string of the molecule is N#Cc1c(-c2cccs2)cc(-c2ccccc2)nc1SCC(=O)Nc1ccccc1. The summed E-state index contributed by atoms with van der Waals surface area (Å²) in [4.78, 5) is 18.1. The van der Waals surface area contributed by atoms with Crippen LogP contribution in [0.4, 0.5) is 5.69 Å². The molecule has 2 aromatic heterocycles. The minimum Gasteiger partial charge on any atom is -0.325 e. The lowest BCUT2D eigenvalue weighted by molar-refractivity contribution is -0.113. The maximum atomic E-state index is 12.4. The maximum Gasteiger partial charge on any atom is 0.234 e. The van der Waals surface area contributed by atoms with Crippen molar-refractivity contribution in [2.24, 2.45) is 0 Å². The van der Waals surface area contributed by atoms with Crippen molar-refractivity contribution in [1.29, 1.82) is 5.26 Å². The van der Waals surface area contributed by atoms with Crippen LogP contribution in [0, 0.1) is 11.3 Å². The lowest BCUT2D eigenvalue weighted by Gasteiger charge is -2.11. The van der Waals surface area contributed by atoms with E-state index in [0.29, 0.717) is 10.6 Å². The van der Waals surface area contributed by atoms with Crippen molar-refractivity contribution in [3.8, 4) is 27.8 Å². The van der Waals surface area contributed by atoms with Gasteiger partial charge >= 0.3 is 0 Å². The number of nitrogens with one attached hydrogen (secondary N) is 1. The molecule has 1 amide bonds. The monoisotopic (exact) mass is 427 g/mol. The first-order valence-electron chi connectivity index (χ1n) is 9.27. The normalized spacial score (nSPS) is 10.4. The second-order valence-corrected chi connectivity index (χ2v) is 8.30. The number of nitrogens with zero attached hydrogens (tertiary/aromatic N) is 2. The van der Waals surface area contributed by atoms with Gasteiger partial charge in [-0.25, -0.2) is 4.98 Å². The van der Waals surface area contributed by atoms with Crippen LogP contribution in [-0.2, 0) is 4.79 Å². The highest BCUT2D eigenvalue weighted by Crippen LogP contribution is 2.36. The van der Waals surface area contributed by atoms with Crippen LogP contribution < -0.4 is 5.32 Å². The first kappa shape index (κ1) is 19.9. The zero-order chi connectivity index (χ0) is 20.8. The van der Waals surface area contributed by atoms with Crippen molar-refractivity contribution < 1.29 is 4.79 Å². The van der Waals surface area contributed by atoms with Gasteiger partial charge in [0.05, 0.1) is 17.0 Å². The van der Waals surface area contributed by atoms with Gasteiger partial charge in [0.1, 0.15) is 11.1 Å². The number of rotatable bonds is 6. The van der Waals surface area contributed by atoms with E-state index in [2.05, 4.69) is 11.4 Å². The molecule has 0 saturated carbocycles. The van der Waals surface area contributed by atoms with Crippen molar-refractivity contribution >= 4 is 34.7 Å². The van der Waals surface area contributed by atoms with E-state index in [1.807, 2.05) is 84.2 Å². The van der Waals surface area contributed by atoms with E-state index in [9.17, 15) is 10.1 Å². The number of amides is 1. The average molecular weight is 428 g/mol. The third-order valence-electron chi connectivity index (χ3n) is 4.35. The molecule has 2 heterocycles. The first-order chi connectivity index (χ1) is 14.7. The predicted octanol–water partition coefficient (Wildman–Crippen LogP) is 6.08. The molecule has 6 heteroatoms. The minimum absolute atomic E-state index is 0.139. The molecule has 4 aromatic rings. The first-order valence-corrected chi connectivity index (χ1v) is 11.1. The molecule has 4 rings (SSSR count). The van der Waals surface area contributed by atoms with E-state index in [1.54, 1.807) is 11.3 Å². The maximum absolute atomic E-state index is 12.4. The Morgan fingerprint density at radius 2 is 1.77 bits per heavy atom. The summed E-state index contributed by atoms with van der Waals surface area (Å²) in [5.41, 5.74) is 3.83. The quantitative estimate of drug-likeness (QED) is 0.379. The molecule has 4 nitrogen and oxygen atoms in total. The molecular formula is C24H17N3OS2. The number of nitriles is 1. The van der Waals surface area contributed by atoms with Crippen LogP contribution in [0.5, 0.6) is 0 Å². The van der Waals surface area contributed by atoms with Gasteiger partial charge in [-0.2, -0.15) is 5.26 Å². The number of thioether (sulfide) groups is 1. The molecular weight excluding hydrogens is 410 g/mol. The number of anilines is 1. The Hall–Kier alpha value is -3.40. The number of para-hydroxylation sites is 1. The fourth-order valence-corrected chi connectivity index (χ4v) is 4.52. The van der Waals surface area contributed by atoms with Gasteiger partial charge in [0.2, 0.25) is 5.91 Å². The third kappa shape index (κ3) is 4.60. The smallest absolute Gasteiger partial charge is 0.234 e. The van der Waals surface area contributed by atoms with Gasteiger partial charge in [-0.3, -0.25) is 4.79 Å². The fourth-order valence-electron chi connectivity index (χ4n) is 2.97. The molecule has 0 aliphatic rings. The molecule has 0 unspecified atom stereocenters. The zero-order valence-corrected chi connectivity index (χ0v) is 17.5. The number of aromatic nitrogens is 1. The zero-order valence-electron chi connectivity index (χ0n) is 15.9. The summed E-state index contributed by atoms with van der Waals surface area (Å²) in [6, 6.07) is 27.4. The Balaban J connectivity index is 1.66. The van der Waals surface area contributed by atoms with Crippen molar-refractivity contribution in [1.82, 2.24) is 4.98 Å². The standard InChI is InChI=1S/C24H17N3OS2/c25-15-20-19(22-12-7-13-29-22)14-21(17-8-3-1-4-9-17)27-24(20)30-16-23(28)26-18-10-5-2-6-11-18/h1-14H,16H2,(H,26,28). The Labute approximate surface area is 183 Å². The molecule has 0 atom stereocenters. The molecule has 30 heavy (non-hydrogen) atoms. The molecule has 0 fully saturated rings. The van der Waals surface area contributed by atoms with Crippen molar-refractivity contribution in [2.75, 3.05) is 11.1 Å². The van der Waals surface area contributed by atoms with E-state index < -0.39 is 0 Å². The topological polar surface area (TPSA) is 65.8 Å². The lowest BCUT2D eigenvalue weighted by atomic mass is 10.0. The Morgan fingerprint density at radius 3 is 2.43 bits per heavy atom. The van der Waals surface area contributed by atoms with E-state index >= 15 is 0 Å². The van der Waals surface area contributed by atoms with Gasteiger partial charge in [0.25, 0.3) is 0 Å². The molecule has 0 bridgehead atoms. The molecule has 0 saturated heterocycles. The summed E-state index contributed by atoms with van der Waals surface area (Å²) < 4.78 is 0. The summed E-state index contributed by atoms with van der Waals surface area (Å²) >= 11 is 2.86. The number of carbonyl (C=O) groups excluding carboxylic acids is 1. The van der Waals surface area contributed by atoms with Crippen molar-refractivity contribution in [2.45, 2.75) is 5.03 Å². The molecule has 0 spiro atoms. The molecule has 2 aromatic carbocycles. The van der Waals surface area contributed by atoms with Crippen LogP contribution in [0.15, 0.2) is 89.3 Å². The van der Waals surface area contributed by atoms with Crippen LogP contribution in [-0.4, -0.2) is 16.6 Å². The largest absolute Gasteiger partial charge is 0.325 e. The summed E-state index contributed by atoms with van der Waals surface area (Å²) in [6.07, 6.45) is 0. The van der Waals surface area contributed by atoms with Crippen molar-refractivity contribution in [3.05, 3.63) is 89.8 Å². The predicted molar refractivity (Wildman–Crippen MR) is 123 cm³/mol. The van der Waals surface area contributed by atoms with Gasteiger partial charge < -0.3 is 5.32 Å². The van der Waals surface area contributed by atoms with Gasteiger partial charge in [-0.05, 0) is 29.6 Å². The molecule has 0 aliphatic heterocycles. The summed E-state index contributed by atoms with van der Waals surface area (Å²) in [7, 11) is 0. The lowest BCUT2D eigenvalue weighted by Crippen LogP contribution is -2.14. The van der Waals surface area contributed by atoms with E-state index in [0.717, 1.165) is 27.4 Å². The highest BCUT2D eigenvalue weighted by atomic mass is 32.2. The molecule has 0 radical (unpaired) electrons. The summed E-state index contributed by atoms with van der Waals surface area (Å²) in [5, 5.41) is 15.3. The number of pyridine rings is 1. The number of hydrogen-bond acceptors (Lipinski definition) is 5. The second kappa shape index (κ2) is 9.40. The van der Waals surface area contributed by atoms with Crippen LogP contribution in [0.25, 0.3) is 21.7 Å². The van der Waals surface area contributed by atoms with Gasteiger partial charge in [0.15, 0.2) is 0 Å². The van der Waals surface area contributed by atoms with Gasteiger partial charge in [-0.15, -0.1) is 11.3 Å². The number of carbonyl (C=O) groups is 1. The highest BCUT2D eigenvalue weighted by molar-refractivity contribution is 8.00. The molecule has 1 N–H and O–H groups in total. The average Bonchev–Trinajstić information content (AvgIpc) is 3.33. The minimum atomic E-state index is -0.139. The third-order valence-corrected chi connectivity index (χ3v) is 6.23. The van der Waals surface area contributed by atoms with E-state index in [4.69, 9.17) is 4.98 Å². The van der Waals surface area contributed by atoms with Crippen LogP contribution in [0.1, 0.15) is 5.56 Å². The second-order valence-electron chi connectivity index (χ2n) is 6.39.